The molecule has 0 aliphatic rings. The third kappa shape index (κ3) is 4.09. The Labute approximate surface area is 127 Å². The Balaban J connectivity index is 0.00000106. The van der Waals surface area contributed by atoms with E-state index in [1.54, 1.807) is 14.2 Å². The van der Waals surface area contributed by atoms with Gasteiger partial charge in [0, 0.05) is 18.3 Å². The zero-order valence-corrected chi connectivity index (χ0v) is 13.5. The Morgan fingerprint density at radius 2 is 1.67 bits per heavy atom. The van der Waals surface area contributed by atoms with Crippen LogP contribution in [0.4, 0.5) is 5.69 Å². The maximum atomic E-state index is 5.72. The summed E-state index contributed by atoms with van der Waals surface area (Å²) in [5.41, 5.74) is 11.0. The lowest BCUT2D eigenvalue weighted by atomic mass is 9.98. The van der Waals surface area contributed by atoms with Crippen molar-refractivity contribution in [1.29, 1.82) is 0 Å². The van der Waals surface area contributed by atoms with E-state index in [1.165, 1.54) is 5.56 Å². The summed E-state index contributed by atoms with van der Waals surface area (Å²) in [5.74, 6) is 0.636. The van der Waals surface area contributed by atoms with Gasteiger partial charge in [-0.1, -0.05) is 32.0 Å². The lowest BCUT2D eigenvalue weighted by Crippen LogP contribution is -2.03. The van der Waals surface area contributed by atoms with E-state index in [0.29, 0.717) is 5.90 Å². The van der Waals surface area contributed by atoms with Gasteiger partial charge in [-0.15, -0.1) is 0 Å². The van der Waals surface area contributed by atoms with Gasteiger partial charge in [-0.3, -0.25) is 4.99 Å². The van der Waals surface area contributed by atoms with E-state index in [-0.39, 0.29) is 0 Å². The predicted octanol–water partition coefficient (Wildman–Crippen LogP) is 4.29. The minimum atomic E-state index is 0.636. The largest absolute Gasteiger partial charge is 0.481 e. The molecular formula is C18H24N2O. The second-order valence-electron chi connectivity index (χ2n) is 4.38. The summed E-state index contributed by atoms with van der Waals surface area (Å²) in [4.78, 5) is 4.13. The van der Waals surface area contributed by atoms with Gasteiger partial charge in [0.25, 0.3) is 0 Å². The number of methoxy groups -OCH3 is 1. The highest BCUT2D eigenvalue weighted by Gasteiger charge is 2.07. The van der Waals surface area contributed by atoms with Crippen LogP contribution in [-0.2, 0) is 4.74 Å². The molecular weight excluding hydrogens is 260 g/mol. The third-order valence-corrected chi connectivity index (χ3v) is 3.10. The smallest absolute Gasteiger partial charge is 0.215 e. The first kappa shape index (κ1) is 16.8. The minimum absolute atomic E-state index is 0.636. The Morgan fingerprint density at radius 3 is 2.19 bits per heavy atom. The summed E-state index contributed by atoms with van der Waals surface area (Å²) in [6.45, 7) is 6.09. The van der Waals surface area contributed by atoms with E-state index in [1.807, 2.05) is 44.2 Å². The minimum Gasteiger partial charge on any atom is -0.481 e. The van der Waals surface area contributed by atoms with Gasteiger partial charge in [-0.25, -0.2) is 0 Å². The van der Waals surface area contributed by atoms with Crippen molar-refractivity contribution in [3.8, 4) is 11.1 Å². The first-order chi connectivity index (χ1) is 10.2. The topological polar surface area (TPSA) is 47.6 Å². The van der Waals surface area contributed by atoms with Gasteiger partial charge in [-0.2, -0.15) is 0 Å². The molecule has 0 aromatic heterocycles. The number of hydrogen-bond donors (Lipinski definition) is 1. The average Bonchev–Trinajstić information content (AvgIpc) is 2.53. The van der Waals surface area contributed by atoms with Gasteiger partial charge in [0.1, 0.15) is 0 Å². The quantitative estimate of drug-likeness (QED) is 0.508. The number of nitrogens with zero attached hydrogens (tertiary/aromatic N) is 1. The van der Waals surface area contributed by atoms with Gasteiger partial charge in [0.05, 0.1) is 7.11 Å². The van der Waals surface area contributed by atoms with Gasteiger partial charge in [0.15, 0.2) is 0 Å². The Hall–Kier alpha value is -2.29. The Bertz CT molecular complexity index is 601. The molecule has 0 aliphatic heterocycles. The lowest BCUT2D eigenvalue weighted by Gasteiger charge is -2.10. The molecule has 0 fully saturated rings. The van der Waals surface area contributed by atoms with Crippen molar-refractivity contribution in [1.82, 2.24) is 0 Å². The molecule has 2 N–H and O–H groups in total. The van der Waals surface area contributed by atoms with Crippen molar-refractivity contribution in [2.24, 2.45) is 4.99 Å². The van der Waals surface area contributed by atoms with Crippen LogP contribution in [0.25, 0.3) is 11.1 Å². The van der Waals surface area contributed by atoms with Gasteiger partial charge < -0.3 is 10.5 Å². The maximum Gasteiger partial charge on any atom is 0.215 e. The first-order valence-electron chi connectivity index (χ1n) is 7.13. The fraction of sp³-hybridized carbons (Fsp3) is 0.278. The molecule has 0 bridgehead atoms. The molecule has 2 aromatic rings. The predicted molar refractivity (Wildman–Crippen MR) is 91.8 cm³/mol. The van der Waals surface area contributed by atoms with Gasteiger partial charge >= 0.3 is 0 Å². The molecule has 112 valence electrons. The molecule has 2 rings (SSSR count). The molecule has 0 saturated heterocycles. The third-order valence-electron chi connectivity index (χ3n) is 3.10. The summed E-state index contributed by atoms with van der Waals surface area (Å²) < 4.78 is 5.27. The van der Waals surface area contributed by atoms with E-state index in [0.717, 1.165) is 22.4 Å². The first-order valence-corrected chi connectivity index (χ1v) is 7.13. The van der Waals surface area contributed by atoms with Crippen LogP contribution in [0.2, 0.25) is 0 Å². The zero-order valence-electron chi connectivity index (χ0n) is 13.5. The van der Waals surface area contributed by atoms with E-state index < -0.39 is 0 Å². The van der Waals surface area contributed by atoms with Crippen LogP contribution >= 0.6 is 0 Å². The number of aryl methyl sites for hydroxylation is 1. The molecule has 0 spiro atoms. The number of anilines is 1. The van der Waals surface area contributed by atoms with Gasteiger partial charge in [-0.05, 0) is 47.9 Å². The second kappa shape index (κ2) is 8.10. The summed E-state index contributed by atoms with van der Waals surface area (Å²) in [5, 5.41) is 0. The number of ether oxygens (including phenoxy) is 1. The van der Waals surface area contributed by atoms with E-state index in [2.05, 4.69) is 24.0 Å². The molecule has 2 aromatic carbocycles. The summed E-state index contributed by atoms with van der Waals surface area (Å²) in [7, 11) is 3.35. The van der Waals surface area contributed by atoms with Crippen molar-refractivity contribution in [2.75, 3.05) is 19.9 Å². The molecule has 0 unspecified atom stereocenters. The number of rotatable bonds is 2. The fourth-order valence-electron chi connectivity index (χ4n) is 2.07. The highest BCUT2D eigenvalue weighted by atomic mass is 16.5. The number of benzene rings is 2. The van der Waals surface area contributed by atoms with Crippen molar-refractivity contribution in [2.45, 2.75) is 20.8 Å². The molecule has 0 amide bonds. The lowest BCUT2D eigenvalue weighted by molar-refractivity contribution is 0.404. The van der Waals surface area contributed by atoms with Crippen molar-refractivity contribution in [3.05, 3.63) is 53.6 Å². The second-order valence-corrected chi connectivity index (χ2v) is 4.38. The van der Waals surface area contributed by atoms with Crippen molar-refractivity contribution < 1.29 is 4.74 Å². The van der Waals surface area contributed by atoms with Crippen LogP contribution < -0.4 is 5.73 Å². The van der Waals surface area contributed by atoms with Crippen LogP contribution in [0, 0.1) is 6.92 Å². The molecule has 0 heterocycles. The molecule has 21 heavy (non-hydrogen) atoms. The number of hydrogen-bond acceptors (Lipinski definition) is 3. The summed E-state index contributed by atoms with van der Waals surface area (Å²) in [6.07, 6.45) is 0. The maximum absolute atomic E-state index is 5.72. The van der Waals surface area contributed by atoms with Crippen molar-refractivity contribution in [3.63, 3.8) is 0 Å². The Kier molecular flexibility index (Phi) is 6.47. The van der Waals surface area contributed by atoms with E-state index in [9.17, 15) is 0 Å². The normalized spacial score (nSPS) is 10.6. The molecule has 3 nitrogen and oxygen atoms in total. The van der Waals surface area contributed by atoms with E-state index in [4.69, 9.17) is 10.5 Å². The fourth-order valence-corrected chi connectivity index (χ4v) is 2.07. The van der Waals surface area contributed by atoms with E-state index >= 15 is 0 Å². The highest BCUT2D eigenvalue weighted by Crippen LogP contribution is 2.25. The van der Waals surface area contributed by atoms with Crippen molar-refractivity contribution >= 4 is 11.6 Å². The standard InChI is InChI=1S/C16H18N2O.C2H6/c1-11-4-5-13(16(18-2)19-3)10-15(11)12-6-8-14(17)9-7-12;1-2/h4-10H,17H2,1-3H3;1-2H3. The van der Waals surface area contributed by atoms with Crippen LogP contribution in [0.15, 0.2) is 47.5 Å². The van der Waals surface area contributed by atoms with Crippen LogP contribution in [-0.4, -0.2) is 20.1 Å². The average molecular weight is 284 g/mol. The number of aliphatic imine (C=N–C) groups is 1. The zero-order chi connectivity index (χ0) is 15.8. The molecule has 0 saturated carbocycles. The summed E-state index contributed by atoms with van der Waals surface area (Å²) >= 11 is 0. The number of nitrogens with two attached hydrogens (primary N) is 1. The van der Waals surface area contributed by atoms with Crippen LogP contribution in [0.3, 0.4) is 0 Å². The molecule has 0 radical (unpaired) electrons. The van der Waals surface area contributed by atoms with Crippen LogP contribution in [0.1, 0.15) is 25.0 Å². The Morgan fingerprint density at radius 1 is 1.05 bits per heavy atom. The molecule has 3 heteroatoms. The SMILES string of the molecule is CC.CN=C(OC)c1ccc(C)c(-c2ccc(N)cc2)c1. The summed E-state index contributed by atoms with van der Waals surface area (Å²) in [6, 6.07) is 14.0. The molecule has 0 aliphatic carbocycles. The highest BCUT2D eigenvalue weighted by molar-refractivity contribution is 5.95. The monoisotopic (exact) mass is 284 g/mol. The number of nitrogen functional groups attached to an aromatic ring is 1. The molecule has 0 atom stereocenters. The van der Waals surface area contributed by atoms with Gasteiger partial charge in [0.2, 0.25) is 5.90 Å². The van der Waals surface area contributed by atoms with Crippen LogP contribution in [0.5, 0.6) is 0 Å².